The first-order chi connectivity index (χ1) is 7.48. The molecule has 1 rings (SSSR count). The Kier molecular flexibility index (Phi) is 6.26. The van der Waals surface area contributed by atoms with E-state index in [0.717, 1.165) is 0 Å². The fraction of sp³-hybridized carbons (Fsp3) is 0.364. The first-order valence-electron chi connectivity index (χ1n) is 4.84. The Balaban J connectivity index is 0.00000256. The number of rotatable bonds is 4. The van der Waals surface area contributed by atoms with Crippen LogP contribution in [0.2, 0.25) is 0 Å². The molecule has 2 unspecified atom stereocenters. The maximum absolute atomic E-state index is 12.0. The molecule has 0 radical (unpaired) electrons. The summed E-state index contributed by atoms with van der Waals surface area (Å²) < 4.78 is 0. The average molecular weight is 260 g/mol. The van der Waals surface area contributed by atoms with Crippen LogP contribution in [0.5, 0.6) is 0 Å². The molecule has 6 heteroatoms. The van der Waals surface area contributed by atoms with Crippen molar-refractivity contribution in [3.63, 3.8) is 0 Å². The van der Waals surface area contributed by atoms with E-state index in [2.05, 4.69) is 23.5 Å². The largest absolute Gasteiger partial charge is 1.00 e. The topological polar surface area (TPSA) is 58.5 Å². The maximum atomic E-state index is 12.0. The predicted octanol–water partition coefficient (Wildman–Crippen LogP) is -2.07. The molecule has 1 aliphatic heterocycles. The monoisotopic (exact) mass is 260 g/mol. The molecule has 2 amide bonds. The van der Waals surface area contributed by atoms with E-state index in [4.69, 9.17) is 12.6 Å². The summed E-state index contributed by atoms with van der Waals surface area (Å²) in [7, 11) is 0. The van der Waals surface area contributed by atoms with E-state index in [0.29, 0.717) is 0 Å². The van der Waals surface area contributed by atoms with Crippen LogP contribution in [0.25, 0.3) is 0 Å². The second kappa shape index (κ2) is 6.44. The molecule has 0 spiro atoms. The number of nitrogens with one attached hydrogen (secondary N) is 1. The standard InChI is InChI=1S/C11H14N2O2S.Na/c1-4-6-11(7(3)5-2)8(14)12-10(16)13-9(11)15;/h4-5,7H,1-2,6H2,3H3,(H2,12,13,14,15,16);/q;+1/p-1. The van der Waals surface area contributed by atoms with Gasteiger partial charge in [0.05, 0.1) is 0 Å². The third-order valence-electron chi connectivity index (χ3n) is 2.81. The molecule has 0 aromatic carbocycles. The summed E-state index contributed by atoms with van der Waals surface area (Å²) in [5, 5.41) is 2.33. The van der Waals surface area contributed by atoms with E-state index in [1.54, 1.807) is 13.0 Å². The molecule has 0 aromatic rings. The second-order valence-electron chi connectivity index (χ2n) is 3.66. The number of carbonyl (C=O) groups is 2. The Hall–Kier alpha value is -0.490. The maximum Gasteiger partial charge on any atom is 1.00 e. The van der Waals surface area contributed by atoms with Crippen LogP contribution in [-0.2, 0) is 22.2 Å². The van der Waals surface area contributed by atoms with E-state index in [1.807, 2.05) is 0 Å². The van der Waals surface area contributed by atoms with Crippen molar-refractivity contribution in [2.75, 3.05) is 0 Å². The zero-order valence-electron chi connectivity index (χ0n) is 10.0. The van der Waals surface area contributed by atoms with Crippen LogP contribution in [0.4, 0.5) is 0 Å². The number of nitrogens with zero attached hydrogens (tertiary/aromatic N) is 1. The summed E-state index contributed by atoms with van der Waals surface area (Å²) in [5.74, 6) is -1.27. The molecule has 1 heterocycles. The Bertz CT molecular complexity index is 395. The molecular formula is C11H13N2NaO2S. The van der Waals surface area contributed by atoms with Crippen molar-refractivity contribution in [2.24, 2.45) is 16.3 Å². The van der Waals surface area contributed by atoms with Crippen LogP contribution in [0, 0.1) is 11.3 Å². The summed E-state index contributed by atoms with van der Waals surface area (Å²) >= 11 is 4.70. The van der Waals surface area contributed by atoms with Crippen molar-refractivity contribution in [2.45, 2.75) is 13.3 Å². The minimum Gasteiger partial charge on any atom is -0.742 e. The SMILES string of the molecule is C=CCC1(C(C)C=C)C(=O)N=C([S-])NC1=O.[Na+]. The Labute approximate surface area is 128 Å². The molecule has 4 nitrogen and oxygen atoms in total. The number of amides is 2. The van der Waals surface area contributed by atoms with Gasteiger partial charge in [-0.2, -0.15) is 0 Å². The smallest absolute Gasteiger partial charge is 0.742 e. The summed E-state index contributed by atoms with van der Waals surface area (Å²) in [5.41, 5.74) is -1.24. The summed E-state index contributed by atoms with van der Waals surface area (Å²) in [6.07, 6.45) is 3.31. The molecule has 0 aromatic heterocycles. The van der Waals surface area contributed by atoms with Crippen LogP contribution in [0.15, 0.2) is 30.3 Å². The predicted molar refractivity (Wildman–Crippen MR) is 64.6 cm³/mol. The van der Waals surface area contributed by atoms with Crippen molar-refractivity contribution in [3.05, 3.63) is 25.3 Å². The van der Waals surface area contributed by atoms with Gasteiger partial charge in [0.1, 0.15) is 5.41 Å². The zero-order chi connectivity index (χ0) is 12.3. The van der Waals surface area contributed by atoms with Crippen molar-refractivity contribution in [3.8, 4) is 0 Å². The minimum atomic E-state index is -1.24. The van der Waals surface area contributed by atoms with Crippen molar-refractivity contribution in [1.29, 1.82) is 0 Å². The number of aliphatic imine (C=N–C) groups is 1. The van der Waals surface area contributed by atoms with E-state index in [1.165, 1.54) is 6.08 Å². The third kappa shape index (κ3) is 2.85. The fourth-order valence-electron chi connectivity index (χ4n) is 1.72. The number of hydrogen-bond acceptors (Lipinski definition) is 3. The van der Waals surface area contributed by atoms with Gasteiger partial charge in [-0.25, -0.2) is 4.99 Å². The number of allylic oxidation sites excluding steroid dienone is 2. The van der Waals surface area contributed by atoms with Gasteiger partial charge in [-0.3, -0.25) is 9.59 Å². The molecule has 2 atom stereocenters. The quantitative estimate of drug-likeness (QED) is 0.273. The second-order valence-corrected chi connectivity index (χ2v) is 4.05. The van der Waals surface area contributed by atoms with E-state index in [9.17, 15) is 9.59 Å². The zero-order valence-corrected chi connectivity index (χ0v) is 12.8. The number of amidine groups is 1. The van der Waals surface area contributed by atoms with Gasteiger partial charge in [-0.15, -0.1) is 13.2 Å². The van der Waals surface area contributed by atoms with Gasteiger partial charge in [-0.05, 0) is 17.5 Å². The summed E-state index contributed by atoms with van der Waals surface area (Å²) in [4.78, 5) is 27.5. The molecule has 1 N–H and O–H groups in total. The van der Waals surface area contributed by atoms with Crippen molar-refractivity contribution < 1.29 is 39.1 Å². The first kappa shape index (κ1) is 16.5. The Morgan fingerprint density at radius 3 is 2.53 bits per heavy atom. The van der Waals surface area contributed by atoms with Gasteiger partial charge in [0, 0.05) is 0 Å². The minimum absolute atomic E-state index is 0. The van der Waals surface area contributed by atoms with Crippen LogP contribution >= 0.6 is 0 Å². The van der Waals surface area contributed by atoms with Gasteiger partial charge in [0.25, 0.3) is 5.91 Å². The van der Waals surface area contributed by atoms with Crippen LogP contribution < -0.4 is 34.9 Å². The van der Waals surface area contributed by atoms with Crippen LogP contribution in [-0.4, -0.2) is 17.0 Å². The molecule has 17 heavy (non-hydrogen) atoms. The van der Waals surface area contributed by atoms with E-state index < -0.39 is 17.2 Å². The Morgan fingerprint density at radius 2 is 2.12 bits per heavy atom. The molecule has 86 valence electrons. The molecular weight excluding hydrogens is 247 g/mol. The van der Waals surface area contributed by atoms with Gasteiger partial charge < -0.3 is 17.9 Å². The van der Waals surface area contributed by atoms with E-state index in [-0.39, 0.29) is 47.1 Å². The fourth-order valence-corrected chi connectivity index (χ4v) is 1.90. The Morgan fingerprint density at radius 1 is 1.53 bits per heavy atom. The molecule has 0 saturated carbocycles. The molecule has 1 aliphatic rings. The van der Waals surface area contributed by atoms with Crippen LogP contribution in [0.1, 0.15) is 13.3 Å². The normalized spacial score (nSPS) is 25.1. The summed E-state index contributed by atoms with van der Waals surface area (Å²) in [6, 6.07) is 0. The van der Waals surface area contributed by atoms with E-state index >= 15 is 0 Å². The molecule has 0 saturated heterocycles. The van der Waals surface area contributed by atoms with Gasteiger partial charge in [0.2, 0.25) is 5.91 Å². The molecule has 0 aliphatic carbocycles. The van der Waals surface area contributed by atoms with Gasteiger partial charge >= 0.3 is 29.6 Å². The molecule has 0 bridgehead atoms. The number of carbonyl (C=O) groups excluding carboxylic acids is 2. The van der Waals surface area contributed by atoms with Gasteiger partial charge in [0.15, 0.2) is 0 Å². The number of hydrogen-bond donors (Lipinski definition) is 1. The van der Waals surface area contributed by atoms with Crippen molar-refractivity contribution in [1.82, 2.24) is 5.32 Å². The first-order valence-corrected chi connectivity index (χ1v) is 5.25. The summed E-state index contributed by atoms with van der Waals surface area (Å²) in [6.45, 7) is 8.92. The average Bonchev–Trinajstić information content (AvgIpc) is 2.22. The molecule has 0 fully saturated rings. The van der Waals surface area contributed by atoms with Gasteiger partial charge in [-0.1, -0.05) is 19.1 Å². The van der Waals surface area contributed by atoms with Crippen molar-refractivity contribution >= 4 is 29.6 Å². The van der Waals surface area contributed by atoms with Crippen LogP contribution in [0.3, 0.4) is 0 Å². The third-order valence-corrected chi connectivity index (χ3v) is 3.00.